The van der Waals surface area contributed by atoms with Crippen LogP contribution in [0.5, 0.6) is 0 Å². The third-order valence-electron chi connectivity index (χ3n) is 4.05. The van der Waals surface area contributed by atoms with Gasteiger partial charge in [-0.2, -0.15) is 0 Å². The van der Waals surface area contributed by atoms with Crippen LogP contribution in [0, 0.1) is 5.82 Å². The van der Waals surface area contributed by atoms with Gasteiger partial charge in [0, 0.05) is 11.4 Å². The fourth-order valence-electron chi connectivity index (χ4n) is 2.93. The van der Waals surface area contributed by atoms with E-state index in [2.05, 4.69) is 0 Å². The van der Waals surface area contributed by atoms with Gasteiger partial charge in [0.1, 0.15) is 5.82 Å². The average Bonchev–Trinajstić information content (AvgIpc) is 2.86. The van der Waals surface area contributed by atoms with Crippen molar-refractivity contribution < 1.29 is 18.7 Å². The molecule has 0 aliphatic carbocycles. The van der Waals surface area contributed by atoms with Gasteiger partial charge in [-0.05, 0) is 49.8 Å². The van der Waals surface area contributed by atoms with Crippen molar-refractivity contribution in [3.05, 3.63) is 82.8 Å². The SMILES string of the molecule is CCOC(=O)C1=C(C)N(c2ccccc2)C(=O)/C1=C\c1cccc(F)c1. The lowest BCUT2D eigenvalue weighted by Gasteiger charge is -2.17. The number of hydrogen-bond acceptors (Lipinski definition) is 3. The molecule has 0 unspecified atom stereocenters. The van der Waals surface area contributed by atoms with Crippen LogP contribution in [0.4, 0.5) is 10.1 Å². The smallest absolute Gasteiger partial charge is 0.340 e. The second-order valence-corrected chi connectivity index (χ2v) is 5.77. The first kappa shape index (κ1) is 17.6. The van der Waals surface area contributed by atoms with Gasteiger partial charge in [-0.15, -0.1) is 0 Å². The quantitative estimate of drug-likeness (QED) is 0.616. The Morgan fingerprint density at radius 3 is 2.54 bits per heavy atom. The average molecular weight is 351 g/mol. The Labute approximate surface area is 151 Å². The molecular formula is C21H18FNO3. The zero-order valence-electron chi connectivity index (χ0n) is 14.5. The number of hydrogen-bond donors (Lipinski definition) is 0. The van der Waals surface area contributed by atoms with Crippen molar-refractivity contribution in [2.45, 2.75) is 13.8 Å². The van der Waals surface area contributed by atoms with E-state index in [1.807, 2.05) is 18.2 Å². The zero-order chi connectivity index (χ0) is 18.7. The monoisotopic (exact) mass is 351 g/mol. The molecule has 2 aromatic rings. The summed E-state index contributed by atoms with van der Waals surface area (Å²) in [7, 11) is 0. The highest BCUT2D eigenvalue weighted by molar-refractivity contribution is 6.23. The lowest BCUT2D eigenvalue weighted by molar-refractivity contribution is -0.138. The lowest BCUT2D eigenvalue weighted by atomic mass is 10.0. The molecule has 3 rings (SSSR count). The number of anilines is 1. The highest BCUT2D eigenvalue weighted by Crippen LogP contribution is 2.35. The predicted octanol–water partition coefficient (Wildman–Crippen LogP) is 4.09. The number of para-hydroxylation sites is 1. The second kappa shape index (κ2) is 7.35. The van der Waals surface area contributed by atoms with Crippen molar-refractivity contribution in [1.82, 2.24) is 0 Å². The van der Waals surface area contributed by atoms with E-state index < -0.39 is 11.8 Å². The van der Waals surface area contributed by atoms with Crippen molar-refractivity contribution in [2.75, 3.05) is 11.5 Å². The summed E-state index contributed by atoms with van der Waals surface area (Å²) < 4.78 is 18.6. The van der Waals surface area contributed by atoms with Crippen molar-refractivity contribution in [1.29, 1.82) is 0 Å². The molecule has 0 atom stereocenters. The van der Waals surface area contributed by atoms with Crippen LogP contribution >= 0.6 is 0 Å². The van der Waals surface area contributed by atoms with Gasteiger partial charge in [-0.25, -0.2) is 9.18 Å². The van der Waals surface area contributed by atoms with Crippen LogP contribution in [-0.2, 0) is 14.3 Å². The minimum Gasteiger partial charge on any atom is -0.462 e. The highest BCUT2D eigenvalue weighted by atomic mass is 19.1. The predicted molar refractivity (Wildman–Crippen MR) is 97.6 cm³/mol. The van der Waals surface area contributed by atoms with Gasteiger partial charge in [-0.3, -0.25) is 9.69 Å². The van der Waals surface area contributed by atoms with Crippen LogP contribution in [0.25, 0.3) is 6.08 Å². The van der Waals surface area contributed by atoms with Gasteiger partial charge < -0.3 is 4.74 Å². The first-order chi connectivity index (χ1) is 12.5. The molecule has 1 amide bonds. The Morgan fingerprint density at radius 2 is 1.88 bits per heavy atom. The van der Waals surface area contributed by atoms with E-state index in [0.717, 1.165) is 0 Å². The van der Waals surface area contributed by atoms with Crippen LogP contribution in [0.2, 0.25) is 0 Å². The number of esters is 1. The summed E-state index contributed by atoms with van der Waals surface area (Å²) in [4.78, 5) is 27.0. The number of carbonyl (C=O) groups is 2. The van der Waals surface area contributed by atoms with Gasteiger partial charge in [0.2, 0.25) is 0 Å². The molecule has 0 radical (unpaired) electrons. The van der Waals surface area contributed by atoms with Crippen LogP contribution < -0.4 is 4.90 Å². The maximum atomic E-state index is 13.5. The molecule has 0 bridgehead atoms. The largest absolute Gasteiger partial charge is 0.462 e. The summed E-state index contributed by atoms with van der Waals surface area (Å²) in [5, 5.41) is 0. The molecule has 0 N–H and O–H groups in total. The standard InChI is InChI=1S/C21H18FNO3/c1-3-26-21(25)19-14(2)23(17-10-5-4-6-11-17)20(24)18(19)13-15-8-7-9-16(22)12-15/h4-13H,3H2,1-2H3/b18-13-. The van der Waals surface area contributed by atoms with E-state index in [1.54, 1.807) is 38.1 Å². The first-order valence-corrected chi connectivity index (χ1v) is 8.28. The van der Waals surface area contributed by atoms with Crippen molar-refractivity contribution in [3.8, 4) is 0 Å². The van der Waals surface area contributed by atoms with Crippen LogP contribution in [0.1, 0.15) is 19.4 Å². The topological polar surface area (TPSA) is 46.6 Å². The Balaban J connectivity index is 2.13. The summed E-state index contributed by atoms with van der Waals surface area (Å²) in [5.74, 6) is -1.33. The number of allylic oxidation sites excluding steroid dienone is 1. The van der Waals surface area contributed by atoms with E-state index in [-0.39, 0.29) is 23.7 Å². The number of amides is 1. The molecule has 0 saturated carbocycles. The molecule has 0 spiro atoms. The number of benzene rings is 2. The van der Waals surface area contributed by atoms with Crippen molar-refractivity contribution in [2.24, 2.45) is 0 Å². The molecule has 0 aromatic heterocycles. The zero-order valence-corrected chi connectivity index (χ0v) is 14.5. The van der Waals surface area contributed by atoms with Crippen LogP contribution in [0.15, 0.2) is 71.4 Å². The summed E-state index contributed by atoms with van der Waals surface area (Å²) in [6, 6.07) is 14.9. The molecule has 132 valence electrons. The fraction of sp³-hybridized carbons (Fsp3) is 0.143. The van der Waals surface area contributed by atoms with E-state index in [1.165, 1.54) is 23.1 Å². The van der Waals surface area contributed by atoms with Gasteiger partial charge in [0.15, 0.2) is 0 Å². The van der Waals surface area contributed by atoms with E-state index in [9.17, 15) is 14.0 Å². The summed E-state index contributed by atoms with van der Waals surface area (Å²) in [5.41, 5.74) is 2.03. The molecule has 0 saturated heterocycles. The van der Waals surface area contributed by atoms with Gasteiger partial charge in [0.05, 0.1) is 17.8 Å². The second-order valence-electron chi connectivity index (χ2n) is 5.77. The molecule has 26 heavy (non-hydrogen) atoms. The number of carbonyl (C=O) groups excluding carboxylic acids is 2. The fourth-order valence-corrected chi connectivity index (χ4v) is 2.93. The minimum atomic E-state index is -0.570. The molecule has 4 nitrogen and oxygen atoms in total. The third-order valence-corrected chi connectivity index (χ3v) is 4.05. The lowest BCUT2D eigenvalue weighted by Crippen LogP contribution is -2.24. The number of rotatable bonds is 4. The Kier molecular flexibility index (Phi) is 4.98. The molecule has 2 aromatic carbocycles. The van der Waals surface area contributed by atoms with Crippen molar-refractivity contribution in [3.63, 3.8) is 0 Å². The number of halogens is 1. The van der Waals surface area contributed by atoms with Gasteiger partial charge >= 0.3 is 5.97 Å². The van der Waals surface area contributed by atoms with Gasteiger partial charge in [-0.1, -0.05) is 30.3 Å². The normalized spacial score (nSPS) is 15.7. The molecule has 0 fully saturated rings. The maximum Gasteiger partial charge on any atom is 0.340 e. The molecule has 5 heteroatoms. The van der Waals surface area contributed by atoms with E-state index >= 15 is 0 Å². The summed E-state index contributed by atoms with van der Waals surface area (Å²) in [6.45, 7) is 3.60. The molecule has 1 aliphatic rings. The minimum absolute atomic E-state index is 0.190. The highest BCUT2D eigenvalue weighted by Gasteiger charge is 2.37. The van der Waals surface area contributed by atoms with Crippen molar-refractivity contribution >= 4 is 23.6 Å². The summed E-state index contributed by atoms with van der Waals surface area (Å²) >= 11 is 0. The first-order valence-electron chi connectivity index (χ1n) is 8.28. The number of ether oxygens (including phenoxy) is 1. The molecule has 1 aliphatic heterocycles. The Hall–Kier alpha value is -3.21. The number of nitrogens with zero attached hydrogens (tertiary/aromatic N) is 1. The van der Waals surface area contributed by atoms with E-state index in [4.69, 9.17) is 4.74 Å². The van der Waals surface area contributed by atoms with E-state index in [0.29, 0.717) is 16.9 Å². The third kappa shape index (κ3) is 3.28. The van der Waals surface area contributed by atoms with Crippen LogP contribution in [0.3, 0.4) is 0 Å². The molecular weight excluding hydrogens is 333 g/mol. The molecule has 1 heterocycles. The van der Waals surface area contributed by atoms with Crippen LogP contribution in [-0.4, -0.2) is 18.5 Å². The maximum absolute atomic E-state index is 13.5. The Morgan fingerprint density at radius 1 is 1.15 bits per heavy atom. The summed E-state index contributed by atoms with van der Waals surface area (Å²) in [6.07, 6.45) is 1.52. The Bertz CT molecular complexity index is 916. The van der Waals surface area contributed by atoms with Gasteiger partial charge in [0.25, 0.3) is 5.91 Å².